The van der Waals surface area contributed by atoms with Gasteiger partial charge in [0.1, 0.15) is 0 Å². The van der Waals surface area contributed by atoms with E-state index in [1.807, 2.05) is 0 Å². The summed E-state index contributed by atoms with van der Waals surface area (Å²) in [6.07, 6.45) is 31.0. The molecule has 0 spiro atoms. The van der Waals surface area contributed by atoms with Crippen molar-refractivity contribution in [3.05, 3.63) is 12.2 Å². The minimum absolute atomic E-state index is 0.0444. The van der Waals surface area contributed by atoms with Crippen molar-refractivity contribution in [2.24, 2.45) is 0 Å². The summed E-state index contributed by atoms with van der Waals surface area (Å²) in [4.78, 5) is 12.2. The molecular weight excluding hydrogens is 434 g/mol. The van der Waals surface area contributed by atoms with Crippen molar-refractivity contribution in [2.45, 2.75) is 174 Å². The third-order valence-corrected chi connectivity index (χ3v) is 7.03. The van der Waals surface area contributed by atoms with E-state index >= 15 is 0 Å². The van der Waals surface area contributed by atoms with Crippen molar-refractivity contribution in [3.8, 4) is 0 Å². The van der Waals surface area contributed by atoms with Gasteiger partial charge in [0, 0.05) is 6.42 Å². The van der Waals surface area contributed by atoms with Gasteiger partial charge in [-0.15, -0.1) is 0 Å². The predicted molar refractivity (Wildman–Crippen MR) is 152 cm³/mol. The van der Waals surface area contributed by atoms with Gasteiger partial charge >= 0.3 is 0 Å². The summed E-state index contributed by atoms with van der Waals surface area (Å²) in [7, 11) is 0. The smallest absolute Gasteiger partial charge is 0.220 e. The Morgan fingerprint density at radius 1 is 0.657 bits per heavy atom. The van der Waals surface area contributed by atoms with Crippen LogP contribution < -0.4 is 5.32 Å². The minimum atomic E-state index is -0.655. The SMILES string of the molecule is CCCCC/C=C\CCCCCCCC(=O)NC(CO)C(O)CCCCCCCCCCCCC. The lowest BCUT2D eigenvalue weighted by Crippen LogP contribution is -2.45. The summed E-state index contributed by atoms with van der Waals surface area (Å²) in [5.41, 5.74) is 0. The number of carbonyl (C=O) groups excluding carboxylic acids is 1. The molecule has 0 rings (SSSR count). The molecule has 1 amide bonds. The van der Waals surface area contributed by atoms with Crippen molar-refractivity contribution in [1.29, 1.82) is 0 Å². The second-order valence-corrected chi connectivity index (χ2v) is 10.5. The average molecular weight is 496 g/mol. The number of aliphatic hydroxyl groups excluding tert-OH is 2. The maximum Gasteiger partial charge on any atom is 0.220 e. The van der Waals surface area contributed by atoms with E-state index in [1.165, 1.54) is 109 Å². The fraction of sp³-hybridized carbons (Fsp3) is 0.903. The number of allylic oxidation sites excluding steroid dienone is 2. The second-order valence-electron chi connectivity index (χ2n) is 10.5. The molecule has 0 bridgehead atoms. The fourth-order valence-corrected chi connectivity index (χ4v) is 4.59. The molecule has 0 fully saturated rings. The summed E-state index contributed by atoms with van der Waals surface area (Å²) in [6, 6.07) is -0.533. The Morgan fingerprint density at radius 3 is 1.63 bits per heavy atom. The maximum absolute atomic E-state index is 12.2. The predicted octanol–water partition coefficient (Wildman–Crippen LogP) is 8.39. The summed E-state index contributed by atoms with van der Waals surface area (Å²) >= 11 is 0. The minimum Gasteiger partial charge on any atom is -0.394 e. The molecule has 208 valence electrons. The molecule has 4 nitrogen and oxygen atoms in total. The van der Waals surface area contributed by atoms with Crippen LogP contribution in [0.1, 0.15) is 162 Å². The Labute approximate surface area is 218 Å². The van der Waals surface area contributed by atoms with Gasteiger partial charge < -0.3 is 15.5 Å². The van der Waals surface area contributed by atoms with Crippen LogP contribution in [0.2, 0.25) is 0 Å². The zero-order chi connectivity index (χ0) is 25.8. The van der Waals surface area contributed by atoms with E-state index in [-0.39, 0.29) is 12.5 Å². The van der Waals surface area contributed by atoms with Gasteiger partial charge in [-0.2, -0.15) is 0 Å². The summed E-state index contributed by atoms with van der Waals surface area (Å²) in [6.45, 7) is 4.30. The summed E-state index contributed by atoms with van der Waals surface area (Å²) in [5.74, 6) is -0.0444. The lowest BCUT2D eigenvalue weighted by atomic mass is 10.0. The fourth-order valence-electron chi connectivity index (χ4n) is 4.59. The van der Waals surface area contributed by atoms with Gasteiger partial charge in [-0.25, -0.2) is 0 Å². The molecule has 3 N–H and O–H groups in total. The molecule has 0 aliphatic rings. The number of nitrogens with one attached hydrogen (secondary N) is 1. The van der Waals surface area contributed by atoms with Crippen LogP contribution in [0.15, 0.2) is 12.2 Å². The molecule has 0 saturated carbocycles. The van der Waals surface area contributed by atoms with Crippen LogP contribution in [-0.2, 0) is 4.79 Å². The van der Waals surface area contributed by atoms with Gasteiger partial charge in [-0.05, 0) is 38.5 Å². The highest BCUT2D eigenvalue weighted by molar-refractivity contribution is 5.76. The number of rotatable bonds is 27. The zero-order valence-electron chi connectivity index (χ0n) is 23.6. The van der Waals surface area contributed by atoms with Gasteiger partial charge in [0.2, 0.25) is 5.91 Å². The van der Waals surface area contributed by atoms with E-state index in [2.05, 4.69) is 31.3 Å². The Morgan fingerprint density at radius 2 is 1.09 bits per heavy atom. The summed E-state index contributed by atoms with van der Waals surface area (Å²) < 4.78 is 0. The Bertz CT molecular complexity index is 466. The molecule has 0 heterocycles. The highest BCUT2D eigenvalue weighted by atomic mass is 16.3. The molecule has 0 saturated heterocycles. The largest absolute Gasteiger partial charge is 0.394 e. The van der Waals surface area contributed by atoms with E-state index in [0.717, 1.165) is 25.7 Å². The Hall–Kier alpha value is -0.870. The standard InChI is InChI=1S/C31H61NO3/c1-3-5-7-9-11-13-15-17-19-21-23-25-27-31(35)32-29(28-33)30(34)26-24-22-20-18-16-14-12-10-8-6-4-2/h11,13,29-30,33-34H,3-10,12,14-28H2,1-2H3,(H,32,35)/b13-11-. The van der Waals surface area contributed by atoms with Crippen LogP contribution in [0.3, 0.4) is 0 Å². The van der Waals surface area contributed by atoms with Gasteiger partial charge in [0.15, 0.2) is 0 Å². The first-order valence-electron chi connectivity index (χ1n) is 15.4. The molecule has 4 heteroatoms. The van der Waals surface area contributed by atoms with E-state index in [1.54, 1.807) is 0 Å². The number of amides is 1. The number of unbranched alkanes of at least 4 members (excludes halogenated alkanes) is 18. The average Bonchev–Trinajstić information content (AvgIpc) is 2.86. The van der Waals surface area contributed by atoms with Crippen molar-refractivity contribution in [3.63, 3.8) is 0 Å². The van der Waals surface area contributed by atoms with E-state index in [4.69, 9.17) is 0 Å². The highest BCUT2D eigenvalue weighted by Crippen LogP contribution is 2.14. The molecule has 0 radical (unpaired) electrons. The molecule has 0 aromatic rings. The molecule has 0 aromatic heterocycles. The molecular formula is C31H61NO3. The van der Waals surface area contributed by atoms with Crippen LogP contribution in [0.25, 0.3) is 0 Å². The first-order valence-corrected chi connectivity index (χ1v) is 15.4. The molecule has 0 aliphatic heterocycles. The van der Waals surface area contributed by atoms with Crippen LogP contribution >= 0.6 is 0 Å². The molecule has 0 aromatic carbocycles. The van der Waals surface area contributed by atoms with E-state index < -0.39 is 12.1 Å². The van der Waals surface area contributed by atoms with E-state index in [0.29, 0.717) is 12.8 Å². The number of hydrogen-bond acceptors (Lipinski definition) is 3. The first-order chi connectivity index (χ1) is 17.2. The van der Waals surface area contributed by atoms with Gasteiger partial charge in [0.05, 0.1) is 18.8 Å². The van der Waals surface area contributed by atoms with Gasteiger partial charge in [-0.3, -0.25) is 4.79 Å². The Kier molecular flexibility index (Phi) is 27.0. The van der Waals surface area contributed by atoms with E-state index in [9.17, 15) is 15.0 Å². The van der Waals surface area contributed by atoms with Crippen molar-refractivity contribution in [1.82, 2.24) is 5.32 Å². The maximum atomic E-state index is 12.2. The third kappa shape index (κ3) is 24.6. The molecule has 35 heavy (non-hydrogen) atoms. The number of hydrogen-bond donors (Lipinski definition) is 3. The van der Waals surface area contributed by atoms with Gasteiger partial charge in [0.25, 0.3) is 0 Å². The zero-order valence-corrected chi connectivity index (χ0v) is 23.6. The van der Waals surface area contributed by atoms with Crippen molar-refractivity contribution >= 4 is 5.91 Å². The quantitative estimate of drug-likeness (QED) is 0.0791. The highest BCUT2D eigenvalue weighted by Gasteiger charge is 2.19. The van der Waals surface area contributed by atoms with Gasteiger partial charge in [-0.1, -0.05) is 129 Å². The van der Waals surface area contributed by atoms with Crippen LogP contribution in [-0.4, -0.2) is 34.9 Å². The topological polar surface area (TPSA) is 69.6 Å². The normalized spacial score (nSPS) is 13.4. The monoisotopic (exact) mass is 495 g/mol. The first kappa shape index (κ1) is 34.1. The second kappa shape index (κ2) is 27.7. The number of aliphatic hydroxyl groups is 2. The lowest BCUT2D eigenvalue weighted by molar-refractivity contribution is -0.123. The third-order valence-electron chi connectivity index (χ3n) is 7.03. The van der Waals surface area contributed by atoms with Crippen LogP contribution in [0, 0.1) is 0 Å². The molecule has 0 aliphatic carbocycles. The lowest BCUT2D eigenvalue weighted by Gasteiger charge is -2.22. The molecule has 2 unspecified atom stereocenters. The molecule has 2 atom stereocenters. The van der Waals surface area contributed by atoms with Crippen LogP contribution in [0.5, 0.6) is 0 Å². The van der Waals surface area contributed by atoms with Crippen LogP contribution in [0.4, 0.5) is 0 Å². The number of carbonyl (C=O) groups is 1. The Balaban J connectivity index is 3.62. The summed E-state index contributed by atoms with van der Waals surface area (Å²) in [5, 5.41) is 22.9. The van der Waals surface area contributed by atoms with Crippen molar-refractivity contribution in [2.75, 3.05) is 6.61 Å². The van der Waals surface area contributed by atoms with Crippen molar-refractivity contribution < 1.29 is 15.0 Å².